The normalized spacial score (nSPS) is 14.7. The molecule has 3 aromatic rings. The number of ether oxygens (including phenoxy) is 1. The zero-order valence-corrected chi connectivity index (χ0v) is 23.8. The summed E-state index contributed by atoms with van der Waals surface area (Å²) in [6, 6.07) is 23.1. The lowest BCUT2D eigenvalue weighted by Crippen LogP contribution is -2.53. The Hall–Kier alpha value is -3.85. The van der Waals surface area contributed by atoms with Crippen molar-refractivity contribution in [3.05, 3.63) is 90.5 Å². The quantitative estimate of drug-likeness (QED) is 0.363. The van der Waals surface area contributed by atoms with Gasteiger partial charge in [-0.25, -0.2) is 8.42 Å². The molecule has 0 radical (unpaired) electrons. The van der Waals surface area contributed by atoms with Crippen LogP contribution in [0.15, 0.2) is 89.8 Å². The Morgan fingerprint density at radius 2 is 1.50 bits per heavy atom. The lowest BCUT2D eigenvalue weighted by atomic mass is 9.95. The molecule has 0 spiro atoms. The second-order valence-electron chi connectivity index (χ2n) is 10.0. The number of sulfonamides is 1. The largest absolute Gasteiger partial charge is 0.497 e. The molecule has 1 aliphatic rings. The lowest BCUT2D eigenvalue weighted by molar-refractivity contribution is -0.139. The van der Waals surface area contributed by atoms with Crippen molar-refractivity contribution >= 4 is 27.5 Å². The van der Waals surface area contributed by atoms with Crippen molar-refractivity contribution < 1.29 is 22.7 Å². The fraction of sp³-hybridized carbons (Fsp3) is 0.355. The third-order valence-corrected chi connectivity index (χ3v) is 9.07. The van der Waals surface area contributed by atoms with E-state index in [0.29, 0.717) is 11.4 Å². The van der Waals surface area contributed by atoms with Crippen LogP contribution in [0.1, 0.15) is 44.6 Å². The highest BCUT2D eigenvalue weighted by atomic mass is 32.2. The van der Waals surface area contributed by atoms with Crippen LogP contribution in [0.5, 0.6) is 5.75 Å². The molecule has 1 saturated carbocycles. The van der Waals surface area contributed by atoms with E-state index in [9.17, 15) is 18.0 Å². The summed E-state index contributed by atoms with van der Waals surface area (Å²) in [5, 5.41) is 3.11. The van der Waals surface area contributed by atoms with E-state index < -0.39 is 28.5 Å². The highest BCUT2D eigenvalue weighted by molar-refractivity contribution is 7.92. The number of para-hydroxylation sites is 1. The number of nitrogens with one attached hydrogen (secondary N) is 1. The summed E-state index contributed by atoms with van der Waals surface area (Å²) in [5.41, 5.74) is 1.16. The van der Waals surface area contributed by atoms with Gasteiger partial charge >= 0.3 is 0 Å². The number of carbonyl (C=O) groups is 2. The molecule has 1 aliphatic carbocycles. The number of rotatable bonds is 11. The Balaban J connectivity index is 1.64. The van der Waals surface area contributed by atoms with Gasteiger partial charge in [0.25, 0.3) is 10.0 Å². The predicted octanol–water partition coefficient (Wildman–Crippen LogP) is 4.76. The van der Waals surface area contributed by atoms with Crippen molar-refractivity contribution in [3.63, 3.8) is 0 Å². The van der Waals surface area contributed by atoms with Crippen LogP contribution in [0.4, 0.5) is 5.69 Å². The summed E-state index contributed by atoms with van der Waals surface area (Å²) in [6.45, 7) is 1.37. The van der Waals surface area contributed by atoms with Crippen molar-refractivity contribution in [1.82, 2.24) is 10.2 Å². The fourth-order valence-corrected chi connectivity index (χ4v) is 6.36. The highest BCUT2D eigenvalue weighted by Crippen LogP contribution is 2.25. The SMILES string of the molecule is COc1ccc(CN(C(=O)CN(c2ccccc2)S(=O)(=O)c2ccccc2)C(C)C(=O)NC2CCCCC2)cc1. The number of methoxy groups -OCH3 is 1. The van der Waals surface area contributed by atoms with Crippen molar-refractivity contribution in [3.8, 4) is 5.75 Å². The molecular weight excluding hydrogens is 526 g/mol. The third-order valence-electron chi connectivity index (χ3n) is 7.29. The summed E-state index contributed by atoms with van der Waals surface area (Å²) in [5.74, 6) is -0.0506. The number of anilines is 1. The number of amides is 2. The first kappa shape index (κ1) is 29.1. The molecule has 212 valence electrons. The predicted molar refractivity (Wildman–Crippen MR) is 155 cm³/mol. The molecule has 8 nitrogen and oxygen atoms in total. The Labute approximate surface area is 237 Å². The van der Waals surface area contributed by atoms with E-state index in [1.54, 1.807) is 74.7 Å². The molecule has 4 rings (SSSR count). The molecule has 1 fully saturated rings. The molecule has 0 saturated heterocycles. The monoisotopic (exact) mass is 563 g/mol. The topological polar surface area (TPSA) is 96.0 Å². The van der Waals surface area contributed by atoms with Gasteiger partial charge in [0.05, 0.1) is 17.7 Å². The molecule has 1 N–H and O–H groups in total. The number of benzene rings is 3. The van der Waals surface area contributed by atoms with Crippen molar-refractivity contribution in [2.24, 2.45) is 0 Å². The minimum Gasteiger partial charge on any atom is -0.497 e. The lowest BCUT2D eigenvalue weighted by Gasteiger charge is -2.33. The fourth-order valence-electron chi connectivity index (χ4n) is 4.92. The third kappa shape index (κ3) is 7.21. The summed E-state index contributed by atoms with van der Waals surface area (Å²) in [7, 11) is -2.49. The minimum absolute atomic E-state index is 0.0800. The Morgan fingerprint density at radius 1 is 0.900 bits per heavy atom. The number of nitrogens with zero attached hydrogens (tertiary/aromatic N) is 2. The second kappa shape index (κ2) is 13.5. The van der Waals surface area contributed by atoms with Gasteiger partial charge in [-0.3, -0.25) is 13.9 Å². The van der Waals surface area contributed by atoms with Gasteiger partial charge in [-0.1, -0.05) is 67.8 Å². The summed E-state index contributed by atoms with van der Waals surface area (Å²) in [6.07, 6.45) is 5.13. The minimum atomic E-state index is -4.06. The second-order valence-corrected chi connectivity index (χ2v) is 11.9. The molecule has 1 atom stereocenters. The Morgan fingerprint density at radius 3 is 2.10 bits per heavy atom. The van der Waals surface area contributed by atoms with E-state index in [-0.39, 0.29) is 23.4 Å². The average Bonchev–Trinajstić information content (AvgIpc) is 2.99. The van der Waals surface area contributed by atoms with Gasteiger partial charge in [0, 0.05) is 12.6 Å². The van der Waals surface area contributed by atoms with Crippen molar-refractivity contribution in [1.29, 1.82) is 0 Å². The van der Waals surface area contributed by atoms with Gasteiger partial charge in [0.1, 0.15) is 18.3 Å². The molecule has 3 aromatic carbocycles. The first-order valence-corrected chi connectivity index (χ1v) is 15.1. The van der Waals surface area contributed by atoms with Crippen molar-refractivity contribution in [2.45, 2.75) is 62.6 Å². The van der Waals surface area contributed by atoms with E-state index in [0.717, 1.165) is 42.0 Å². The average molecular weight is 564 g/mol. The molecule has 9 heteroatoms. The molecule has 2 amide bonds. The van der Waals surface area contributed by atoms with Gasteiger partial charge < -0.3 is 15.0 Å². The molecule has 0 bridgehead atoms. The molecule has 0 heterocycles. The van der Waals surface area contributed by atoms with E-state index in [1.807, 2.05) is 12.1 Å². The highest BCUT2D eigenvalue weighted by Gasteiger charge is 2.33. The summed E-state index contributed by atoms with van der Waals surface area (Å²) >= 11 is 0. The molecular formula is C31H37N3O5S. The van der Waals surface area contributed by atoms with Gasteiger partial charge in [0.2, 0.25) is 11.8 Å². The van der Waals surface area contributed by atoms with Crippen LogP contribution in [0.2, 0.25) is 0 Å². The smallest absolute Gasteiger partial charge is 0.264 e. The number of hydrogen-bond donors (Lipinski definition) is 1. The summed E-state index contributed by atoms with van der Waals surface area (Å²) < 4.78 is 33.9. The van der Waals surface area contributed by atoms with E-state index >= 15 is 0 Å². The zero-order valence-electron chi connectivity index (χ0n) is 23.0. The number of hydrogen-bond acceptors (Lipinski definition) is 5. The van der Waals surface area contributed by atoms with Gasteiger partial charge in [-0.2, -0.15) is 0 Å². The zero-order chi connectivity index (χ0) is 28.5. The van der Waals surface area contributed by atoms with Crippen LogP contribution in [0.25, 0.3) is 0 Å². The molecule has 40 heavy (non-hydrogen) atoms. The van der Waals surface area contributed by atoms with Gasteiger partial charge in [-0.15, -0.1) is 0 Å². The van der Waals surface area contributed by atoms with E-state index in [2.05, 4.69) is 5.32 Å². The number of carbonyl (C=O) groups excluding carboxylic acids is 2. The molecule has 1 unspecified atom stereocenters. The Kier molecular flexibility index (Phi) is 9.82. The van der Waals surface area contributed by atoms with Gasteiger partial charge in [-0.05, 0) is 61.7 Å². The Bertz CT molecular complexity index is 1360. The maximum Gasteiger partial charge on any atom is 0.264 e. The van der Waals surface area contributed by atoms with Crippen LogP contribution in [0.3, 0.4) is 0 Å². The van der Waals surface area contributed by atoms with E-state index in [1.165, 1.54) is 17.0 Å². The maximum absolute atomic E-state index is 14.0. The summed E-state index contributed by atoms with van der Waals surface area (Å²) in [4.78, 5) is 28.9. The first-order chi connectivity index (χ1) is 19.3. The van der Waals surface area contributed by atoms with Crippen LogP contribution in [0, 0.1) is 0 Å². The van der Waals surface area contributed by atoms with Crippen LogP contribution < -0.4 is 14.4 Å². The standard InChI is InChI=1S/C31H37N3O5S/c1-24(31(36)32-26-12-6-3-7-13-26)33(22-25-18-20-28(39-2)21-19-25)30(35)23-34(27-14-8-4-9-15-27)40(37,38)29-16-10-5-11-17-29/h4-5,8-11,14-21,24,26H,3,6-7,12-13,22-23H2,1-2H3,(H,32,36). The maximum atomic E-state index is 14.0. The molecule has 0 aliphatic heterocycles. The van der Waals surface area contributed by atoms with Gasteiger partial charge in [0.15, 0.2) is 0 Å². The van der Waals surface area contributed by atoms with Crippen LogP contribution >= 0.6 is 0 Å². The first-order valence-electron chi connectivity index (χ1n) is 13.6. The van der Waals surface area contributed by atoms with Crippen LogP contribution in [-0.2, 0) is 26.2 Å². The van der Waals surface area contributed by atoms with Crippen molar-refractivity contribution in [2.75, 3.05) is 18.0 Å². The van der Waals surface area contributed by atoms with E-state index in [4.69, 9.17) is 4.74 Å². The molecule has 0 aromatic heterocycles. The van der Waals surface area contributed by atoms with Crippen LogP contribution in [-0.4, -0.2) is 50.9 Å².